The van der Waals surface area contributed by atoms with Gasteiger partial charge in [0.1, 0.15) is 11.6 Å². The van der Waals surface area contributed by atoms with Crippen LogP contribution in [0.3, 0.4) is 0 Å². The van der Waals surface area contributed by atoms with Crippen molar-refractivity contribution in [3.63, 3.8) is 0 Å². The lowest BCUT2D eigenvalue weighted by Crippen LogP contribution is -2.48. The summed E-state index contributed by atoms with van der Waals surface area (Å²) in [5, 5.41) is 0. The molecule has 2 rings (SSSR count). The van der Waals surface area contributed by atoms with E-state index in [1.165, 1.54) is 0 Å². The van der Waals surface area contributed by atoms with Gasteiger partial charge in [0.15, 0.2) is 0 Å². The van der Waals surface area contributed by atoms with Gasteiger partial charge < -0.3 is 9.80 Å². The van der Waals surface area contributed by atoms with Gasteiger partial charge in [-0.3, -0.25) is 4.79 Å². The third kappa shape index (κ3) is 4.65. The van der Waals surface area contributed by atoms with Crippen LogP contribution >= 0.6 is 0 Å². The second kappa shape index (κ2) is 7.90. The molecule has 0 spiro atoms. The summed E-state index contributed by atoms with van der Waals surface area (Å²) >= 11 is 0. The zero-order valence-corrected chi connectivity index (χ0v) is 14.5. The Morgan fingerprint density at radius 3 is 2.48 bits per heavy atom. The van der Waals surface area contributed by atoms with E-state index in [-0.39, 0.29) is 5.91 Å². The molecule has 2 heterocycles. The van der Waals surface area contributed by atoms with Crippen LogP contribution in [0.2, 0.25) is 0 Å². The van der Waals surface area contributed by atoms with Crippen LogP contribution in [-0.2, 0) is 4.79 Å². The molecule has 5 heteroatoms. The molecule has 0 N–H and O–H groups in total. The van der Waals surface area contributed by atoms with E-state index in [1.54, 1.807) is 12.2 Å². The van der Waals surface area contributed by atoms with Crippen LogP contribution < -0.4 is 4.90 Å². The average Bonchev–Trinajstić information content (AvgIpc) is 2.54. The molecular weight excluding hydrogens is 288 g/mol. The number of hydrogen-bond donors (Lipinski definition) is 0. The van der Waals surface area contributed by atoms with E-state index in [9.17, 15) is 4.79 Å². The first-order valence-corrected chi connectivity index (χ1v) is 8.20. The number of amides is 1. The summed E-state index contributed by atoms with van der Waals surface area (Å²) in [4.78, 5) is 25.4. The largest absolute Gasteiger partial charge is 0.353 e. The minimum atomic E-state index is 0.0736. The highest BCUT2D eigenvalue weighted by molar-refractivity contribution is 5.88. The average molecular weight is 314 g/mol. The smallest absolute Gasteiger partial charge is 0.246 e. The Kier molecular flexibility index (Phi) is 5.90. The molecule has 1 fully saturated rings. The second-order valence-electron chi connectivity index (χ2n) is 6.08. The van der Waals surface area contributed by atoms with Crippen LogP contribution in [0.25, 0.3) is 0 Å². The topological polar surface area (TPSA) is 49.3 Å². The van der Waals surface area contributed by atoms with Crippen LogP contribution in [0.15, 0.2) is 30.4 Å². The number of piperazine rings is 1. The number of carbonyl (C=O) groups is 1. The van der Waals surface area contributed by atoms with Crippen molar-refractivity contribution >= 4 is 11.7 Å². The lowest BCUT2D eigenvalue weighted by atomic mass is 10.2. The minimum Gasteiger partial charge on any atom is -0.353 e. The summed E-state index contributed by atoms with van der Waals surface area (Å²) in [6.07, 6.45) is 7.19. The highest BCUT2D eigenvalue weighted by Gasteiger charge is 2.21. The molecular formula is C18H26N4O. The first-order chi connectivity index (χ1) is 11.0. The predicted octanol–water partition coefficient (Wildman–Crippen LogP) is 2.69. The summed E-state index contributed by atoms with van der Waals surface area (Å²) in [7, 11) is 0. The normalized spacial score (nSPS) is 16.0. The number of hydrogen-bond acceptors (Lipinski definition) is 4. The van der Waals surface area contributed by atoms with Crippen molar-refractivity contribution in [3.8, 4) is 0 Å². The van der Waals surface area contributed by atoms with E-state index in [0.29, 0.717) is 5.92 Å². The number of rotatable bonds is 4. The number of anilines is 1. The van der Waals surface area contributed by atoms with Crippen molar-refractivity contribution in [1.82, 2.24) is 14.9 Å². The summed E-state index contributed by atoms with van der Waals surface area (Å²) in [6.45, 7) is 11.2. The van der Waals surface area contributed by atoms with Crippen molar-refractivity contribution in [2.45, 2.75) is 33.6 Å². The molecule has 0 radical (unpaired) electrons. The molecule has 5 nitrogen and oxygen atoms in total. The van der Waals surface area contributed by atoms with Gasteiger partial charge in [-0.1, -0.05) is 32.1 Å². The zero-order valence-electron chi connectivity index (χ0n) is 14.5. The van der Waals surface area contributed by atoms with Gasteiger partial charge in [0.25, 0.3) is 0 Å². The highest BCUT2D eigenvalue weighted by atomic mass is 16.2. The Morgan fingerprint density at radius 1 is 1.17 bits per heavy atom. The van der Waals surface area contributed by atoms with Crippen LogP contribution in [0.1, 0.15) is 38.2 Å². The number of aromatic nitrogens is 2. The summed E-state index contributed by atoms with van der Waals surface area (Å²) in [5.74, 6) is 2.24. The summed E-state index contributed by atoms with van der Waals surface area (Å²) in [6, 6.07) is 2.02. The van der Waals surface area contributed by atoms with E-state index in [0.717, 1.165) is 43.5 Å². The Balaban J connectivity index is 2.00. The maximum atomic E-state index is 12.1. The van der Waals surface area contributed by atoms with Crippen LogP contribution in [-0.4, -0.2) is 47.0 Å². The van der Waals surface area contributed by atoms with Crippen LogP contribution in [0, 0.1) is 6.92 Å². The van der Waals surface area contributed by atoms with Gasteiger partial charge in [-0.25, -0.2) is 9.97 Å². The number of allylic oxidation sites excluding steroid dienone is 3. The van der Waals surface area contributed by atoms with Gasteiger partial charge in [-0.2, -0.15) is 0 Å². The molecule has 0 bridgehead atoms. The SMILES string of the molecule is C/C=C/C=C/C(=O)N1CCN(c2cc(C)nc(C(C)C)n2)CC1. The van der Waals surface area contributed by atoms with Crippen molar-refractivity contribution in [2.75, 3.05) is 31.1 Å². The molecule has 1 aromatic heterocycles. The van der Waals surface area contributed by atoms with Crippen LogP contribution in [0.5, 0.6) is 0 Å². The van der Waals surface area contributed by atoms with Crippen LogP contribution in [0.4, 0.5) is 5.82 Å². The highest BCUT2D eigenvalue weighted by Crippen LogP contribution is 2.18. The van der Waals surface area contributed by atoms with Gasteiger partial charge in [0, 0.05) is 49.9 Å². The fraction of sp³-hybridized carbons (Fsp3) is 0.500. The van der Waals surface area contributed by atoms with E-state index in [4.69, 9.17) is 0 Å². The third-order valence-corrected chi connectivity index (χ3v) is 3.83. The van der Waals surface area contributed by atoms with Crippen molar-refractivity contribution in [3.05, 3.63) is 41.9 Å². The second-order valence-corrected chi connectivity index (χ2v) is 6.08. The lowest BCUT2D eigenvalue weighted by molar-refractivity contribution is -0.126. The zero-order chi connectivity index (χ0) is 16.8. The molecule has 23 heavy (non-hydrogen) atoms. The number of aryl methyl sites for hydroxylation is 1. The van der Waals surface area contributed by atoms with Gasteiger partial charge in [0.2, 0.25) is 5.91 Å². The fourth-order valence-electron chi connectivity index (χ4n) is 2.50. The molecule has 0 atom stereocenters. The fourth-order valence-corrected chi connectivity index (χ4v) is 2.50. The summed E-state index contributed by atoms with van der Waals surface area (Å²) < 4.78 is 0. The van der Waals surface area contributed by atoms with Gasteiger partial charge in [0.05, 0.1) is 0 Å². The molecule has 1 saturated heterocycles. The predicted molar refractivity (Wildman–Crippen MR) is 93.6 cm³/mol. The van der Waals surface area contributed by atoms with Crippen molar-refractivity contribution < 1.29 is 4.79 Å². The first-order valence-electron chi connectivity index (χ1n) is 8.20. The van der Waals surface area contributed by atoms with Gasteiger partial charge in [-0.05, 0) is 13.8 Å². The lowest BCUT2D eigenvalue weighted by Gasteiger charge is -2.35. The number of nitrogens with zero attached hydrogens (tertiary/aromatic N) is 4. The third-order valence-electron chi connectivity index (χ3n) is 3.83. The molecule has 124 valence electrons. The number of carbonyl (C=O) groups excluding carboxylic acids is 1. The van der Waals surface area contributed by atoms with E-state index in [2.05, 4.69) is 28.7 Å². The first kappa shape index (κ1) is 17.2. The standard InChI is InChI=1S/C18H26N4O/c1-5-6-7-8-17(23)22-11-9-21(10-12-22)16-13-15(4)19-18(20-16)14(2)3/h5-8,13-14H,9-12H2,1-4H3/b6-5+,8-7+. The Morgan fingerprint density at radius 2 is 1.87 bits per heavy atom. The Hall–Kier alpha value is -2.17. The monoisotopic (exact) mass is 314 g/mol. The Labute approximate surface area is 138 Å². The van der Waals surface area contributed by atoms with Gasteiger partial charge in [-0.15, -0.1) is 0 Å². The van der Waals surface area contributed by atoms with Gasteiger partial charge >= 0.3 is 0 Å². The van der Waals surface area contributed by atoms with Crippen molar-refractivity contribution in [1.29, 1.82) is 0 Å². The quantitative estimate of drug-likeness (QED) is 0.633. The van der Waals surface area contributed by atoms with E-state index >= 15 is 0 Å². The maximum Gasteiger partial charge on any atom is 0.246 e. The maximum absolute atomic E-state index is 12.1. The summed E-state index contributed by atoms with van der Waals surface area (Å²) in [5.41, 5.74) is 0.992. The molecule has 1 aromatic rings. The molecule has 1 aliphatic rings. The minimum absolute atomic E-state index is 0.0736. The molecule has 1 amide bonds. The van der Waals surface area contributed by atoms with E-state index in [1.807, 2.05) is 37.0 Å². The molecule has 0 unspecified atom stereocenters. The van der Waals surface area contributed by atoms with Crippen molar-refractivity contribution in [2.24, 2.45) is 0 Å². The molecule has 0 aromatic carbocycles. The van der Waals surface area contributed by atoms with E-state index < -0.39 is 0 Å². The molecule has 0 aliphatic carbocycles. The Bertz CT molecular complexity index is 599. The molecule has 1 aliphatic heterocycles. The molecule has 0 saturated carbocycles.